The third-order valence-electron chi connectivity index (χ3n) is 3.25. The minimum absolute atomic E-state index is 0.0547. The lowest BCUT2D eigenvalue weighted by atomic mass is 9.75. The average molecular weight is 276 g/mol. The Morgan fingerprint density at radius 3 is 2.60 bits per heavy atom. The number of hydrogen-bond acceptors (Lipinski definition) is 4. The first-order valence-corrected chi connectivity index (χ1v) is 6.88. The van der Waals surface area contributed by atoms with Crippen LogP contribution in [0.25, 0.3) is 0 Å². The van der Waals surface area contributed by atoms with Crippen LogP contribution in [0.4, 0.5) is 0 Å². The van der Waals surface area contributed by atoms with Gasteiger partial charge in [0.2, 0.25) is 0 Å². The largest absolute Gasteiger partial charge is 0.493 e. The van der Waals surface area contributed by atoms with Crippen molar-refractivity contribution in [3.8, 4) is 0 Å². The molecule has 2 rings (SSSR count). The highest BCUT2D eigenvalue weighted by atomic mass is 16.6. The van der Waals surface area contributed by atoms with Gasteiger partial charge in [0.15, 0.2) is 0 Å². The Balaban J connectivity index is 2.08. The highest BCUT2D eigenvalue weighted by Crippen LogP contribution is 2.22. The number of carbonyl (C=O) groups is 1. The normalized spacial score (nSPS) is 19.5. The van der Waals surface area contributed by atoms with Gasteiger partial charge in [-0.1, -0.05) is 38.1 Å². The van der Waals surface area contributed by atoms with Crippen LogP contribution in [0, 0.1) is 5.41 Å². The predicted octanol–water partition coefficient (Wildman–Crippen LogP) is 2.08. The minimum Gasteiger partial charge on any atom is -0.458 e. The molecule has 20 heavy (non-hydrogen) atoms. The molecule has 4 nitrogen and oxygen atoms in total. The first-order chi connectivity index (χ1) is 9.37. The molecular formula is C15H21BO4. The Labute approximate surface area is 120 Å². The van der Waals surface area contributed by atoms with E-state index in [2.05, 4.69) is 13.8 Å². The molecule has 1 aromatic rings. The molecule has 1 atom stereocenters. The Morgan fingerprint density at radius 2 is 2.00 bits per heavy atom. The molecule has 0 bridgehead atoms. The van der Waals surface area contributed by atoms with Crippen LogP contribution in [0.15, 0.2) is 24.3 Å². The van der Waals surface area contributed by atoms with E-state index in [-0.39, 0.29) is 24.6 Å². The number of esters is 1. The Bertz CT molecular complexity index is 477. The molecule has 0 aliphatic carbocycles. The maximum absolute atomic E-state index is 11.0. The lowest BCUT2D eigenvalue weighted by Crippen LogP contribution is -2.47. The molecule has 108 valence electrons. The van der Waals surface area contributed by atoms with E-state index < -0.39 is 0 Å². The van der Waals surface area contributed by atoms with Crippen LogP contribution in [0.3, 0.4) is 0 Å². The minimum atomic E-state index is -0.340. The highest BCUT2D eigenvalue weighted by Gasteiger charge is 2.33. The summed E-state index contributed by atoms with van der Waals surface area (Å²) in [4.78, 5) is 11.0. The molecule has 1 heterocycles. The van der Waals surface area contributed by atoms with E-state index in [0.717, 1.165) is 11.0 Å². The molecule has 1 fully saturated rings. The van der Waals surface area contributed by atoms with Gasteiger partial charge in [-0.2, -0.15) is 0 Å². The molecule has 1 aliphatic heterocycles. The third-order valence-corrected chi connectivity index (χ3v) is 3.25. The first kappa shape index (κ1) is 15.1. The second-order valence-corrected chi connectivity index (χ2v) is 6.04. The van der Waals surface area contributed by atoms with Crippen LogP contribution in [0.2, 0.25) is 0 Å². The molecular weight excluding hydrogens is 255 g/mol. The summed E-state index contributed by atoms with van der Waals surface area (Å²) in [5.41, 5.74) is 1.95. The summed E-state index contributed by atoms with van der Waals surface area (Å²) in [5.74, 6) is -0.283. The fourth-order valence-electron chi connectivity index (χ4n) is 2.16. The van der Waals surface area contributed by atoms with E-state index in [0.29, 0.717) is 13.2 Å². The van der Waals surface area contributed by atoms with Crippen molar-refractivity contribution in [2.75, 3.05) is 13.2 Å². The van der Waals surface area contributed by atoms with E-state index in [1.807, 2.05) is 31.2 Å². The fraction of sp³-hybridized carbons (Fsp3) is 0.533. The van der Waals surface area contributed by atoms with Crippen LogP contribution >= 0.6 is 0 Å². The van der Waals surface area contributed by atoms with E-state index >= 15 is 0 Å². The fourth-order valence-corrected chi connectivity index (χ4v) is 2.16. The molecule has 0 unspecified atom stereocenters. The maximum Gasteiger partial charge on any atom is 0.493 e. The van der Waals surface area contributed by atoms with Crippen LogP contribution < -0.4 is 5.46 Å². The average Bonchev–Trinajstić information content (AvgIpc) is 2.38. The van der Waals surface area contributed by atoms with E-state index in [4.69, 9.17) is 14.0 Å². The van der Waals surface area contributed by atoms with E-state index in [1.165, 1.54) is 6.92 Å². The predicted molar refractivity (Wildman–Crippen MR) is 77.7 cm³/mol. The molecule has 0 N–H and O–H groups in total. The Hall–Kier alpha value is -1.33. The molecule has 1 aliphatic rings. The molecule has 1 saturated heterocycles. The first-order valence-electron chi connectivity index (χ1n) is 6.88. The van der Waals surface area contributed by atoms with Gasteiger partial charge in [-0.3, -0.25) is 4.79 Å². The lowest BCUT2D eigenvalue weighted by molar-refractivity contribution is -0.145. The Morgan fingerprint density at radius 1 is 1.35 bits per heavy atom. The summed E-state index contributed by atoms with van der Waals surface area (Å²) in [6, 6.07) is 7.80. The SMILES string of the molecule is CC(=O)O[C@H](C)c1cccc(B2OCC(C)(C)CO2)c1. The van der Waals surface area contributed by atoms with Crippen molar-refractivity contribution in [3.05, 3.63) is 29.8 Å². The lowest BCUT2D eigenvalue weighted by Gasteiger charge is -2.33. The number of hydrogen-bond donors (Lipinski definition) is 0. The summed E-state index contributed by atoms with van der Waals surface area (Å²) in [6.45, 7) is 8.83. The molecule has 5 heteroatoms. The van der Waals surface area contributed by atoms with Crippen LogP contribution in [-0.2, 0) is 18.8 Å². The topological polar surface area (TPSA) is 44.8 Å². The van der Waals surface area contributed by atoms with Crippen molar-refractivity contribution < 1.29 is 18.8 Å². The summed E-state index contributed by atoms with van der Waals surface area (Å²) in [6.07, 6.45) is -0.271. The van der Waals surface area contributed by atoms with Crippen molar-refractivity contribution >= 4 is 18.6 Å². The standard InChI is InChI=1S/C15H21BO4/c1-11(20-12(2)17)13-6-5-7-14(8-13)16-18-9-15(3,4)10-19-16/h5-8,11H,9-10H2,1-4H3/t11-/m1/s1. The zero-order chi connectivity index (χ0) is 14.8. The summed E-state index contributed by atoms with van der Waals surface area (Å²) in [7, 11) is -0.340. The summed E-state index contributed by atoms with van der Waals surface area (Å²) < 4.78 is 16.7. The van der Waals surface area contributed by atoms with Gasteiger partial charge in [0, 0.05) is 25.6 Å². The van der Waals surface area contributed by atoms with E-state index in [1.54, 1.807) is 0 Å². The smallest absolute Gasteiger partial charge is 0.458 e. The third kappa shape index (κ3) is 3.84. The van der Waals surface area contributed by atoms with Gasteiger partial charge in [0.25, 0.3) is 0 Å². The molecule has 0 saturated carbocycles. The maximum atomic E-state index is 11.0. The van der Waals surface area contributed by atoms with Gasteiger partial charge in [0.1, 0.15) is 6.10 Å². The van der Waals surface area contributed by atoms with Gasteiger partial charge in [-0.15, -0.1) is 0 Å². The Kier molecular flexibility index (Phi) is 4.50. The van der Waals surface area contributed by atoms with Crippen LogP contribution in [0.5, 0.6) is 0 Å². The summed E-state index contributed by atoms with van der Waals surface area (Å²) in [5, 5.41) is 0. The van der Waals surface area contributed by atoms with Gasteiger partial charge in [0.05, 0.1) is 0 Å². The zero-order valence-electron chi connectivity index (χ0n) is 12.5. The molecule has 0 radical (unpaired) electrons. The molecule has 1 aromatic carbocycles. The van der Waals surface area contributed by atoms with Crippen molar-refractivity contribution in [2.45, 2.75) is 33.8 Å². The molecule has 0 spiro atoms. The monoisotopic (exact) mass is 276 g/mol. The van der Waals surface area contributed by atoms with Crippen LogP contribution in [-0.4, -0.2) is 26.3 Å². The second-order valence-electron chi connectivity index (χ2n) is 6.04. The van der Waals surface area contributed by atoms with Crippen molar-refractivity contribution in [3.63, 3.8) is 0 Å². The van der Waals surface area contributed by atoms with Crippen molar-refractivity contribution in [1.29, 1.82) is 0 Å². The number of rotatable bonds is 3. The number of ether oxygens (including phenoxy) is 1. The second kappa shape index (κ2) is 5.98. The highest BCUT2D eigenvalue weighted by molar-refractivity contribution is 6.61. The van der Waals surface area contributed by atoms with Gasteiger partial charge in [-0.05, 0) is 17.9 Å². The van der Waals surface area contributed by atoms with Crippen molar-refractivity contribution in [2.24, 2.45) is 5.41 Å². The molecule has 0 aromatic heterocycles. The van der Waals surface area contributed by atoms with Gasteiger partial charge in [-0.25, -0.2) is 0 Å². The zero-order valence-corrected chi connectivity index (χ0v) is 12.5. The van der Waals surface area contributed by atoms with Gasteiger partial charge < -0.3 is 14.0 Å². The summed E-state index contributed by atoms with van der Waals surface area (Å²) >= 11 is 0. The number of benzene rings is 1. The van der Waals surface area contributed by atoms with Gasteiger partial charge >= 0.3 is 13.1 Å². The van der Waals surface area contributed by atoms with E-state index in [9.17, 15) is 4.79 Å². The van der Waals surface area contributed by atoms with Crippen LogP contribution in [0.1, 0.15) is 39.4 Å². The quantitative estimate of drug-likeness (QED) is 0.626. The molecule has 0 amide bonds. The number of carbonyl (C=O) groups excluding carboxylic acids is 1. The van der Waals surface area contributed by atoms with Crippen molar-refractivity contribution in [1.82, 2.24) is 0 Å².